The maximum Gasteiger partial charge on any atom is 0.308 e. The number of hydrogen-bond acceptors (Lipinski definition) is 3. The van der Waals surface area contributed by atoms with E-state index in [1.165, 1.54) is 6.42 Å². The summed E-state index contributed by atoms with van der Waals surface area (Å²) in [6.45, 7) is 0.557. The molecule has 0 saturated heterocycles. The second kappa shape index (κ2) is 4.72. The van der Waals surface area contributed by atoms with Gasteiger partial charge in [0.2, 0.25) is 0 Å². The maximum absolute atomic E-state index is 10.8. The number of carboxylic acid groups (broad SMARTS) is 1. The molecule has 92 valence electrons. The Bertz CT molecular complexity index is 261. The summed E-state index contributed by atoms with van der Waals surface area (Å²) in [4.78, 5) is 10.8. The Labute approximate surface area is 96.0 Å². The van der Waals surface area contributed by atoms with Crippen molar-refractivity contribution in [2.45, 2.75) is 56.6 Å². The molecule has 2 atom stereocenters. The van der Waals surface area contributed by atoms with Gasteiger partial charge < -0.3 is 15.5 Å². The van der Waals surface area contributed by atoms with Gasteiger partial charge in [-0.05, 0) is 25.7 Å². The van der Waals surface area contributed by atoms with Crippen molar-refractivity contribution in [3.05, 3.63) is 0 Å². The molecule has 0 amide bonds. The Morgan fingerprint density at radius 3 is 2.44 bits per heavy atom. The topological polar surface area (TPSA) is 69.6 Å². The lowest BCUT2D eigenvalue weighted by atomic mass is 9.78. The van der Waals surface area contributed by atoms with Crippen molar-refractivity contribution in [2.75, 3.05) is 6.54 Å². The van der Waals surface area contributed by atoms with E-state index in [1.54, 1.807) is 0 Å². The van der Waals surface area contributed by atoms with Crippen LogP contribution in [-0.4, -0.2) is 34.4 Å². The molecule has 4 nitrogen and oxygen atoms in total. The van der Waals surface area contributed by atoms with Gasteiger partial charge in [0.15, 0.2) is 0 Å². The molecule has 0 bridgehead atoms. The normalized spacial score (nSPS) is 33.1. The zero-order chi connectivity index (χ0) is 11.6. The molecule has 16 heavy (non-hydrogen) atoms. The summed E-state index contributed by atoms with van der Waals surface area (Å²) in [6, 6.07) is 0.0726. The van der Waals surface area contributed by atoms with Crippen LogP contribution >= 0.6 is 0 Å². The largest absolute Gasteiger partial charge is 0.481 e. The quantitative estimate of drug-likeness (QED) is 0.673. The molecule has 3 N–H and O–H groups in total. The summed E-state index contributed by atoms with van der Waals surface area (Å²) in [5, 5.41) is 22.4. The third-order valence-electron chi connectivity index (χ3n) is 4.07. The second-order valence-electron chi connectivity index (χ2n) is 5.29. The molecular weight excluding hydrogens is 206 g/mol. The van der Waals surface area contributed by atoms with Crippen molar-refractivity contribution in [1.82, 2.24) is 5.32 Å². The van der Waals surface area contributed by atoms with Crippen LogP contribution < -0.4 is 5.32 Å². The van der Waals surface area contributed by atoms with Gasteiger partial charge in [-0.2, -0.15) is 0 Å². The Balaban J connectivity index is 1.76. The van der Waals surface area contributed by atoms with Gasteiger partial charge in [-0.1, -0.05) is 19.3 Å². The molecule has 2 saturated carbocycles. The standard InChI is InChI=1S/C12H21NO3/c14-11(15)9-4-5-10(9)13-8-12(16)6-2-1-3-7-12/h9-10,13,16H,1-8H2,(H,14,15). The van der Waals surface area contributed by atoms with Crippen LogP contribution in [0.1, 0.15) is 44.9 Å². The molecule has 2 aliphatic carbocycles. The number of carbonyl (C=O) groups is 1. The van der Waals surface area contributed by atoms with Gasteiger partial charge >= 0.3 is 5.97 Å². The fourth-order valence-corrected chi connectivity index (χ4v) is 2.75. The van der Waals surface area contributed by atoms with Gasteiger partial charge in [-0.15, -0.1) is 0 Å². The van der Waals surface area contributed by atoms with E-state index in [9.17, 15) is 9.90 Å². The van der Waals surface area contributed by atoms with Crippen LogP contribution in [0.25, 0.3) is 0 Å². The molecule has 0 aromatic rings. The fourth-order valence-electron chi connectivity index (χ4n) is 2.75. The van der Waals surface area contributed by atoms with Crippen molar-refractivity contribution in [2.24, 2.45) is 5.92 Å². The van der Waals surface area contributed by atoms with E-state index in [0.29, 0.717) is 6.54 Å². The van der Waals surface area contributed by atoms with E-state index in [0.717, 1.165) is 38.5 Å². The van der Waals surface area contributed by atoms with E-state index in [2.05, 4.69) is 5.32 Å². The minimum Gasteiger partial charge on any atom is -0.481 e. The molecule has 2 aliphatic rings. The lowest BCUT2D eigenvalue weighted by Crippen LogP contribution is -2.53. The van der Waals surface area contributed by atoms with Crippen molar-refractivity contribution in [3.8, 4) is 0 Å². The van der Waals surface area contributed by atoms with Crippen molar-refractivity contribution in [1.29, 1.82) is 0 Å². The molecule has 0 radical (unpaired) electrons. The van der Waals surface area contributed by atoms with Crippen molar-refractivity contribution < 1.29 is 15.0 Å². The number of rotatable bonds is 4. The minimum absolute atomic E-state index is 0.0726. The van der Waals surface area contributed by atoms with Gasteiger partial charge in [0, 0.05) is 12.6 Å². The molecule has 0 spiro atoms. The maximum atomic E-state index is 10.8. The Morgan fingerprint density at radius 1 is 1.25 bits per heavy atom. The number of aliphatic hydroxyl groups is 1. The van der Waals surface area contributed by atoms with E-state index in [-0.39, 0.29) is 12.0 Å². The highest BCUT2D eigenvalue weighted by molar-refractivity contribution is 5.72. The zero-order valence-corrected chi connectivity index (χ0v) is 9.61. The Morgan fingerprint density at radius 2 is 1.94 bits per heavy atom. The number of aliphatic carboxylic acids is 1. The van der Waals surface area contributed by atoms with Crippen LogP contribution in [0.3, 0.4) is 0 Å². The van der Waals surface area contributed by atoms with E-state index < -0.39 is 11.6 Å². The third kappa shape index (κ3) is 2.55. The highest BCUT2D eigenvalue weighted by Crippen LogP contribution is 2.30. The molecule has 0 aliphatic heterocycles. The predicted molar refractivity (Wildman–Crippen MR) is 60.2 cm³/mol. The minimum atomic E-state index is -0.709. The summed E-state index contributed by atoms with van der Waals surface area (Å²) in [5.74, 6) is -0.952. The molecule has 2 unspecified atom stereocenters. The summed E-state index contributed by atoms with van der Waals surface area (Å²) < 4.78 is 0. The highest BCUT2D eigenvalue weighted by atomic mass is 16.4. The van der Waals surface area contributed by atoms with E-state index >= 15 is 0 Å². The lowest BCUT2D eigenvalue weighted by molar-refractivity contribution is -0.146. The average Bonchev–Trinajstić information content (AvgIpc) is 2.16. The Kier molecular flexibility index (Phi) is 3.50. The first-order valence-electron chi connectivity index (χ1n) is 6.29. The molecule has 2 fully saturated rings. The van der Waals surface area contributed by atoms with Gasteiger partial charge in [0.1, 0.15) is 0 Å². The molecule has 0 aromatic heterocycles. The zero-order valence-electron chi connectivity index (χ0n) is 9.61. The first-order chi connectivity index (χ1) is 7.61. The van der Waals surface area contributed by atoms with Gasteiger partial charge in [0.25, 0.3) is 0 Å². The molecule has 4 heteroatoms. The summed E-state index contributed by atoms with van der Waals surface area (Å²) >= 11 is 0. The fraction of sp³-hybridized carbons (Fsp3) is 0.917. The van der Waals surface area contributed by atoms with Crippen LogP contribution in [0.5, 0.6) is 0 Å². The van der Waals surface area contributed by atoms with Gasteiger partial charge in [0.05, 0.1) is 11.5 Å². The monoisotopic (exact) mass is 227 g/mol. The molecule has 0 heterocycles. The second-order valence-corrected chi connectivity index (χ2v) is 5.29. The van der Waals surface area contributed by atoms with Crippen LogP contribution in [-0.2, 0) is 4.79 Å². The third-order valence-corrected chi connectivity index (χ3v) is 4.07. The van der Waals surface area contributed by atoms with Crippen LogP contribution in [0.2, 0.25) is 0 Å². The first-order valence-corrected chi connectivity index (χ1v) is 6.29. The van der Waals surface area contributed by atoms with Gasteiger partial charge in [-0.25, -0.2) is 0 Å². The SMILES string of the molecule is O=C(O)C1CCC1NCC1(O)CCCCC1. The first kappa shape index (κ1) is 11.9. The highest BCUT2D eigenvalue weighted by Gasteiger charge is 2.38. The number of hydrogen-bond donors (Lipinski definition) is 3. The molecule has 0 aromatic carbocycles. The van der Waals surface area contributed by atoms with E-state index in [4.69, 9.17) is 5.11 Å². The van der Waals surface area contributed by atoms with Gasteiger partial charge in [-0.3, -0.25) is 4.79 Å². The van der Waals surface area contributed by atoms with Crippen molar-refractivity contribution in [3.63, 3.8) is 0 Å². The summed E-state index contributed by atoms with van der Waals surface area (Å²) in [7, 11) is 0. The van der Waals surface area contributed by atoms with Crippen LogP contribution in [0, 0.1) is 5.92 Å². The number of carboxylic acids is 1. The smallest absolute Gasteiger partial charge is 0.308 e. The van der Waals surface area contributed by atoms with E-state index in [1.807, 2.05) is 0 Å². The summed E-state index contributed by atoms with van der Waals surface area (Å²) in [6.07, 6.45) is 6.79. The summed E-state index contributed by atoms with van der Waals surface area (Å²) in [5.41, 5.74) is -0.586. The van der Waals surface area contributed by atoms with Crippen LogP contribution in [0.4, 0.5) is 0 Å². The number of nitrogens with one attached hydrogen (secondary N) is 1. The molecule has 2 rings (SSSR count). The Hall–Kier alpha value is -0.610. The average molecular weight is 227 g/mol. The molecular formula is C12H21NO3. The predicted octanol–water partition coefficient (Wildman–Crippen LogP) is 1.13. The van der Waals surface area contributed by atoms with Crippen LogP contribution in [0.15, 0.2) is 0 Å². The lowest BCUT2D eigenvalue weighted by Gasteiger charge is -2.39. The van der Waals surface area contributed by atoms with Crippen molar-refractivity contribution >= 4 is 5.97 Å².